The van der Waals surface area contributed by atoms with E-state index in [4.69, 9.17) is 4.74 Å². The lowest BCUT2D eigenvalue weighted by Crippen LogP contribution is -2.50. The molecule has 32 heavy (non-hydrogen) atoms. The van der Waals surface area contributed by atoms with Gasteiger partial charge in [-0.05, 0) is 12.7 Å². The molecule has 0 aliphatic carbocycles. The number of aromatic nitrogens is 4. The Hall–Kier alpha value is -2.56. The van der Waals surface area contributed by atoms with Crippen molar-refractivity contribution in [3.05, 3.63) is 6.33 Å². The number of hydrogen-bond acceptors (Lipinski definition) is 11. The van der Waals surface area contributed by atoms with Crippen LogP contribution in [0.15, 0.2) is 11.5 Å². The van der Waals surface area contributed by atoms with Gasteiger partial charge in [-0.25, -0.2) is 24.5 Å². The molecule has 0 saturated carbocycles. The minimum Gasteiger partial charge on any atom is -0.480 e. The van der Waals surface area contributed by atoms with Gasteiger partial charge in [-0.2, -0.15) is 0 Å². The van der Waals surface area contributed by atoms with Gasteiger partial charge in [-0.3, -0.25) is 9.88 Å². The summed E-state index contributed by atoms with van der Waals surface area (Å²) in [6, 6.07) is -2.46. The second-order valence-electron chi connectivity index (χ2n) is 7.00. The SMILES string of the molecule is CCC(O)C(NC(=O)Nc1nc(SC)nc2c1ncn2[C@@H]1O[C@H](CO)C(O)[C@@H]1O)C(=O)O. The third-order valence-electron chi connectivity index (χ3n) is 4.96. The van der Waals surface area contributed by atoms with E-state index in [1.165, 1.54) is 10.9 Å². The maximum atomic E-state index is 12.4. The number of aliphatic hydroxyl groups is 4. The third kappa shape index (κ3) is 4.62. The van der Waals surface area contributed by atoms with E-state index in [1.807, 2.05) is 0 Å². The number of ether oxygens (including phenoxy) is 1. The van der Waals surface area contributed by atoms with Crippen LogP contribution in [0.5, 0.6) is 0 Å². The molecule has 0 radical (unpaired) electrons. The van der Waals surface area contributed by atoms with Gasteiger partial charge in [0.25, 0.3) is 0 Å². The number of aliphatic hydroxyl groups excluding tert-OH is 4. The van der Waals surface area contributed by atoms with Crippen molar-refractivity contribution in [3.63, 3.8) is 0 Å². The van der Waals surface area contributed by atoms with Crippen LogP contribution in [-0.4, -0.2) is 100 Å². The Morgan fingerprint density at radius 2 is 2.03 bits per heavy atom. The lowest BCUT2D eigenvalue weighted by molar-refractivity contribution is -0.142. The van der Waals surface area contributed by atoms with Crippen LogP contribution in [0.1, 0.15) is 19.6 Å². The number of carboxylic acid groups (broad SMARTS) is 1. The molecule has 1 aliphatic rings. The molecule has 176 valence electrons. The van der Waals surface area contributed by atoms with Gasteiger partial charge in [0.2, 0.25) is 0 Å². The summed E-state index contributed by atoms with van der Waals surface area (Å²) in [6.45, 7) is 1.07. The number of hydrogen-bond donors (Lipinski definition) is 7. The van der Waals surface area contributed by atoms with Crippen molar-refractivity contribution in [1.29, 1.82) is 0 Å². The van der Waals surface area contributed by atoms with Crippen molar-refractivity contribution in [2.75, 3.05) is 18.2 Å². The first-order chi connectivity index (χ1) is 15.2. The van der Waals surface area contributed by atoms with Crippen molar-refractivity contribution in [2.45, 2.75) is 55.2 Å². The number of carboxylic acids is 1. The quantitative estimate of drug-likeness (QED) is 0.173. The molecule has 3 heterocycles. The lowest BCUT2D eigenvalue weighted by atomic mass is 10.1. The summed E-state index contributed by atoms with van der Waals surface area (Å²) in [5.74, 6) is -1.45. The van der Waals surface area contributed by atoms with Gasteiger partial charge in [-0.15, -0.1) is 0 Å². The highest BCUT2D eigenvalue weighted by atomic mass is 32.2. The van der Waals surface area contributed by atoms with Crippen molar-refractivity contribution in [1.82, 2.24) is 24.8 Å². The number of urea groups is 1. The topological polar surface area (TPSA) is 212 Å². The number of fused-ring (bicyclic) bond motifs is 1. The van der Waals surface area contributed by atoms with Gasteiger partial charge < -0.3 is 35.6 Å². The van der Waals surface area contributed by atoms with E-state index >= 15 is 0 Å². The molecule has 1 fully saturated rings. The van der Waals surface area contributed by atoms with Crippen LogP contribution >= 0.6 is 11.8 Å². The Morgan fingerprint density at radius 1 is 1.31 bits per heavy atom. The van der Waals surface area contributed by atoms with E-state index in [2.05, 4.69) is 25.6 Å². The predicted molar refractivity (Wildman–Crippen MR) is 110 cm³/mol. The Kier molecular flexibility index (Phi) is 7.47. The van der Waals surface area contributed by atoms with Crippen LogP contribution in [0.25, 0.3) is 11.2 Å². The van der Waals surface area contributed by atoms with Gasteiger partial charge in [0, 0.05) is 0 Å². The minimum atomic E-state index is -1.53. The number of nitrogens with zero attached hydrogens (tertiary/aromatic N) is 4. The highest BCUT2D eigenvalue weighted by molar-refractivity contribution is 7.98. The number of carbonyl (C=O) groups is 2. The van der Waals surface area contributed by atoms with Gasteiger partial charge in [-0.1, -0.05) is 18.7 Å². The predicted octanol–water partition coefficient (Wildman–Crippen LogP) is -1.49. The number of rotatable bonds is 8. The van der Waals surface area contributed by atoms with E-state index in [0.29, 0.717) is 0 Å². The summed E-state index contributed by atoms with van der Waals surface area (Å²) in [5, 5.41) is 53.5. The molecule has 3 rings (SSSR count). The Balaban J connectivity index is 1.92. The summed E-state index contributed by atoms with van der Waals surface area (Å²) in [4.78, 5) is 36.4. The van der Waals surface area contributed by atoms with Gasteiger partial charge in [0.1, 0.15) is 18.3 Å². The molecule has 1 aliphatic heterocycles. The fourth-order valence-corrected chi connectivity index (χ4v) is 3.57. The first-order valence-corrected chi connectivity index (χ1v) is 10.8. The monoisotopic (exact) mass is 472 g/mol. The number of aliphatic carboxylic acids is 1. The molecule has 1 saturated heterocycles. The van der Waals surface area contributed by atoms with E-state index in [0.717, 1.165) is 11.8 Å². The molecule has 14 nitrogen and oxygen atoms in total. The fourth-order valence-electron chi connectivity index (χ4n) is 3.21. The standard InChI is InChI=1S/C17H24N6O8S/c1-3-6(25)8(15(28)29)19-16(30)20-12-9-13(22-17(21-12)32-2)23(5-18-9)14-11(27)10(26)7(4-24)31-14/h5-8,10-11,14,24-27H,3-4H2,1-2H3,(H,28,29)(H2,19,20,21,22,30)/t6?,7-,8?,10?,11+,14-/m1/s1. The molecule has 15 heteroatoms. The number of thioether (sulfide) groups is 1. The zero-order valence-electron chi connectivity index (χ0n) is 17.1. The highest BCUT2D eigenvalue weighted by Crippen LogP contribution is 2.33. The summed E-state index contributed by atoms with van der Waals surface area (Å²) in [7, 11) is 0. The van der Waals surface area contributed by atoms with Crippen molar-refractivity contribution in [2.24, 2.45) is 0 Å². The summed E-state index contributed by atoms with van der Waals surface area (Å²) >= 11 is 1.15. The van der Waals surface area contributed by atoms with Crippen LogP contribution in [0.2, 0.25) is 0 Å². The third-order valence-corrected chi connectivity index (χ3v) is 5.51. The minimum absolute atomic E-state index is 0.0440. The van der Waals surface area contributed by atoms with E-state index in [1.54, 1.807) is 13.2 Å². The molecular formula is C17H24N6O8S. The Labute approximate surface area is 185 Å². The molecule has 6 atom stereocenters. The Bertz CT molecular complexity index is 989. The molecule has 2 aromatic heterocycles. The second kappa shape index (κ2) is 9.93. The molecule has 0 aromatic carbocycles. The average molecular weight is 472 g/mol. The maximum absolute atomic E-state index is 12.4. The van der Waals surface area contributed by atoms with E-state index in [-0.39, 0.29) is 28.6 Å². The van der Waals surface area contributed by atoms with E-state index < -0.39 is 55.3 Å². The number of nitrogens with one attached hydrogen (secondary N) is 2. The molecule has 3 unspecified atom stereocenters. The maximum Gasteiger partial charge on any atom is 0.328 e. The normalized spacial score (nSPS) is 24.9. The largest absolute Gasteiger partial charge is 0.480 e. The van der Waals surface area contributed by atoms with Crippen LogP contribution < -0.4 is 10.6 Å². The van der Waals surface area contributed by atoms with E-state index in [9.17, 15) is 35.1 Å². The zero-order chi connectivity index (χ0) is 23.6. The van der Waals surface area contributed by atoms with Crippen molar-refractivity contribution < 1.29 is 39.9 Å². The molecular weight excluding hydrogens is 448 g/mol. The summed E-state index contributed by atoms with van der Waals surface area (Å²) < 4.78 is 6.85. The highest BCUT2D eigenvalue weighted by Gasteiger charge is 2.44. The number of imidazole rings is 1. The molecule has 2 amide bonds. The van der Waals surface area contributed by atoms with Gasteiger partial charge in [0.15, 0.2) is 34.4 Å². The molecule has 7 N–H and O–H groups in total. The average Bonchev–Trinajstić information content (AvgIpc) is 3.32. The smallest absolute Gasteiger partial charge is 0.328 e. The summed E-state index contributed by atoms with van der Waals surface area (Å²) in [6.07, 6.45) is -3.03. The van der Waals surface area contributed by atoms with Crippen molar-refractivity contribution >= 4 is 40.7 Å². The molecule has 0 spiro atoms. The number of carbonyl (C=O) groups excluding carboxylic acids is 1. The van der Waals surface area contributed by atoms with Gasteiger partial charge >= 0.3 is 12.0 Å². The van der Waals surface area contributed by atoms with Crippen LogP contribution in [0, 0.1) is 0 Å². The molecule has 0 bridgehead atoms. The van der Waals surface area contributed by atoms with Gasteiger partial charge in [0.05, 0.1) is 19.0 Å². The first-order valence-electron chi connectivity index (χ1n) is 9.61. The van der Waals surface area contributed by atoms with Crippen LogP contribution in [0.4, 0.5) is 10.6 Å². The first kappa shape index (κ1) is 24.1. The van der Waals surface area contributed by atoms with Crippen LogP contribution in [0.3, 0.4) is 0 Å². The van der Waals surface area contributed by atoms with Crippen molar-refractivity contribution in [3.8, 4) is 0 Å². The summed E-state index contributed by atoms with van der Waals surface area (Å²) in [5.41, 5.74) is 0.275. The number of anilines is 1. The number of amides is 2. The molecule has 2 aromatic rings. The lowest BCUT2D eigenvalue weighted by Gasteiger charge is -2.19. The second-order valence-corrected chi connectivity index (χ2v) is 7.78. The zero-order valence-corrected chi connectivity index (χ0v) is 17.9. The fraction of sp³-hybridized carbons (Fsp3) is 0.588. The van der Waals surface area contributed by atoms with Crippen LogP contribution in [-0.2, 0) is 9.53 Å². The Morgan fingerprint density at radius 3 is 2.59 bits per heavy atom.